The molecule has 0 N–H and O–H groups in total. The van der Waals surface area contributed by atoms with Crippen molar-refractivity contribution in [3.63, 3.8) is 0 Å². The summed E-state index contributed by atoms with van der Waals surface area (Å²) in [7, 11) is 0. The largest absolute Gasteiger partial charge is 0.454 e. The topological polar surface area (TPSA) is 35.5 Å². The van der Waals surface area contributed by atoms with Gasteiger partial charge in [-0.2, -0.15) is 0 Å². The molecule has 3 rings (SSSR count). The molecule has 1 fully saturated rings. The van der Waals surface area contributed by atoms with Crippen molar-refractivity contribution in [2.24, 2.45) is 0 Å². The fraction of sp³-hybridized carbons (Fsp3) is 0.471. The summed E-state index contributed by atoms with van der Waals surface area (Å²) in [5.41, 5.74) is 1.23. The van der Waals surface area contributed by atoms with E-state index in [9.17, 15) is 4.79 Å². The van der Waals surface area contributed by atoms with E-state index in [2.05, 4.69) is 18.7 Å². The highest BCUT2D eigenvalue weighted by Crippen LogP contribution is 2.39. The zero-order chi connectivity index (χ0) is 14.7. The van der Waals surface area contributed by atoms with Crippen molar-refractivity contribution in [2.75, 3.05) is 26.4 Å². The van der Waals surface area contributed by atoms with Crippen molar-refractivity contribution in [1.82, 2.24) is 4.48 Å². The highest BCUT2D eigenvalue weighted by Gasteiger charge is 2.34. The van der Waals surface area contributed by atoms with E-state index < -0.39 is 0 Å². The van der Waals surface area contributed by atoms with Crippen molar-refractivity contribution in [1.29, 1.82) is 0 Å². The van der Waals surface area contributed by atoms with Gasteiger partial charge in [0.05, 0.1) is 26.1 Å². The maximum Gasteiger partial charge on any atom is 0.231 e. The Kier molecular flexibility index (Phi) is 3.97. The maximum absolute atomic E-state index is 11.6. The number of allylic oxidation sites excluding steroid dienone is 1. The Morgan fingerprint density at radius 2 is 1.95 bits per heavy atom. The summed E-state index contributed by atoms with van der Waals surface area (Å²) in [6, 6.07) is 6.20. The number of likely N-dealkylation sites (tertiary alicyclic amines) is 1. The lowest BCUT2D eigenvalue weighted by Crippen LogP contribution is -2.53. The molecule has 112 valence electrons. The van der Waals surface area contributed by atoms with Crippen LogP contribution in [0.4, 0.5) is 5.69 Å². The summed E-state index contributed by atoms with van der Waals surface area (Å²) in [6.07, 6.45) is 5.67. The third-order valence-electron chi connectivity index (χ3n) is 4.59. The average Bonchev–Trinajstić information content (AvgIpc) is 3.01. The normalized spacial score (nSPS) is 19.2. The van der Waals surface area contributed by atoms with Crippen LogP contribution in [0, 0.1) is 0 Å². The van der Waals surface area contributed by atoms with Crippen molar-refractivity contribution in [3.8, 4) is 11.5 Å². The molecule has 2 heterocycles. The fourth-order valence-electron chi connectivity index (χ4n) is 3.33. The number of hydrogen-bond acceptors (Lipinski definition) is 3. The molecule has 2 aliphatic heterocycles. The lowest BCUT2D eigenvalue weighted by molar-refractivity contribution is -0.114. The van der Waals surface area contributed by atoms with Crippen LogP contribution in [0.15, 0.2) is 30.9 Å². The standard InChI is InChI=1S/C17H22NO3/c1-2-15(19)8-11-18(9-4-3-5-10-18)14-6-7-16-17(12-14)21-13-20-16/h2,6-7,12H,1,3-5,8-11,13H2/q+1. The first-order valence-electron chi connectivity index (χ1n) is 7.65. The number of ether oxygens (including phenoxy) is 2. The molecule has 0 aromatic heterocycles. The molecule has 0 atom stereocenters. The zero-order valence-electron chi connectivity index (χ0n) is 12.3. The summed E-state index contributed by atoms with van der Waals surface area (Å²) in [6.45, 7) is 6.89. The first kappa shape index (κ1) is 14.1. The van der Waals surface area contributed by atoms with Gasteiger partial charge in [0, 0.05) is 12.1 Å². The molecular formula is C17H22NO3+. The third kappa shape index (κ3) is 2.81. The van der Waals surface area contributed by atoms with E-state index in [1.807, 2.05) is 6.07 Å². The first-order chi connectivity index (χ1) is 10.2. The Hall–Kier alpha value is -1.81. The fourth-order valence-corrected chi connectivity index (χ4v) is 3.33. The molecule has 0 aliphatic carbocycles. The van der Waals surface area contributed by atoms with Gasteiger partial charge < -0.3 is 9.47 Å². The highest BCUT2D eigenvalue weighted by molar-refractivity contribution is 5.89. The van der Waals surface area contributed by atoms with Gasteiger partial charge in [-0.1, -0.05) is 6.58 Å². The zero-order valence-corrected chi connectivity index (χ0v) is 12.3. The van der Waals surface area contributed by atoms with Gasteiger partial charge in [0.1, 0.15) is 5.69 Å². The lowest BCUT2D eigenvalue weighted by atomic mass is 10.0. The number of nitrogens with zero attached hydrogens (tertiary/aromatic N) is 1. The SMILES string of the molecule is C=CC(=O)CC[N+]1(c2ccc3c(c2)OCO3)CCCCC1. The minimum absolute atomic E-state index is 0.124. The van der Waals surface area contributed by atoms with E-state index in [0.29, 0.717) is 13.2 Å². The number of benzene rings is 1. The number of rotatable bonds is 5. The van der Waals surface area contributed by atoms with Gasteiger partial charge in [0.15, 0.2) is 17.3 Å². The summed E-state index contributed by atoms with van der Waals surface area (Å²) < 4.78 is 11.8. The minimum atomic E-state index is 0.124. The number of hydrogen-bond donors (Lipinski definition) is 0. The molecular weight excluding hydrogens is 266 g/mol. The van der Waals surface area contributed by atoms with Crippen LogP contribution in [0.2, 0.25) is 0 Å². The lowest BCUT2D eigenvalue weighted by Gasteiger charge is -2.41. The van der Waals surface area contributed by atoms with E-state index in [1.165, 1.54) is 31.0 Å². The number of fused-ring (bicyclic) bond motifs is 1. The van der Waals surface area contributed by atoms with Gasteiger partial charge in [0.2, 0.25) is 6.79 Å². The molecule has 0 saturated carbocycles. The second kappa shape index (κ2) is 5.90. The van der Waals surface area contributed by atoms with Crippen LogP contribution in [-0.4, -0.2) is 32.2 Å². The highest BCUT2D eigenvalue weighted by atomic mass is 16.7. The molecule has 0 spiro atoms. The molecule has 4 heteroatoms. The van der Waals surface area contributed by atoms with Crippen molar-refractivity contribution < 1.29 is 14.3 Å². The number of carbonyl (C=O) groups excluding carboxylic acids is 1. The Morgan fingerprint density at radius 1 is 1.19 bits per heavy atom. The predicted octanol–water partition coefficient (Wildman–Crippen LogP) is 3.05. The molecule has 4 nitrogen and oxygen atoms in total. The summed E-state index contributed by atoms with van der Waals surface area (Å²) >= 11 is 0. The van der Waals surface area contributed by atoms with Gasteiger partial charge in [-0.05, 0) is 31.4 Å². The number of ketones is 1. The van der Waals surface area contributed by atoms with E-state index in [0.717, 1.165) is 35.6 Å². The van der Waals surface area contributed by atoms with Crippen LogP contribution in [0.25, 0.3) is 0 Å². The Bertz CT molecular complexity index is 547. The predicted molar refractivity (Wildman–Crippen MR) is 82.6 cm³/mol. The third-order valence-corrected chi connectivity index (χ3v) is 4.59. The molecule has 2 aliphatic rings. The van der Waals surface area contributed by atoms with Crippen LogP contribution in [0.1, 0.15) is 25.7 Å². The molecule has 1 saturated heterocycles. The van der Waals surface area contributed by atoms with E-state index in [1.54, 1.807) is 0 Å². The second-order valence-corrected chi connectivity index (χ2v) is 5.83. The molecule has 0 radical (unpaired) electrons. The van der Waals surface area contributed by atoms with Crippen molar-refractivity contribution >= 4 is 11.5 Å². The maximum atomic E-state index is 11.6. The Morgan fingerprint density at radius 3 is 2.71 bits per heavy atom. The Labute approximate surface area is 125 Å². The monoisotopic (exact) mass is 288 g/mol. The summed E-state index contributed by atoms with van der Waals surface area (Å²) in [4.78, 5) is 11.6. The number of carbonyl (C=O) groups is 1. The van der Waals surface area contributed by atoms with Crippen LogP contribution < -0.4 is 14.0 Å². The van der Waals surface area contributed by atoms with Crippen LogP contribution in [-0.2, 0) is 4.79 Å². The van der Waals surface area contributed by atoms with Crippen LogP contribution >= 0.6 is 0 Å². The summed E-state index contributed by atoms with van der Waals surface area (Å²) in [5.74, 6) is 1.76. The van der Waals surface area contributed by atoms with E-state index in [-0.39, 0.29) is 5.78 Å². The van der Waals surface area contributed by atoms with Gasteiger partial charge in [-0.15, -0.1) is 0 Å². The molecule has 21 heavy (non-hydrogen) atoms. The summed E-state index contributed by atoms with van der Waals surface area (Å²) in [5, 5.41) is 0. The molecule has 0 amide bonds. The van der Waals surface area contributed by atoms with Gasteiger partial charge in [0.25, 0.3) is 0 Å². The van der Waals surface area contributed by atoms with Gasteiger partial charge in [-0.3, -0.25) is 9.28 Å². The van der Waals surface area contributed by atoms with E-state index in [4.69, 9.17) is 9.47 Å². The minimum Gasteiger partial charge on any atom is -0.454 e. The Balaban J connectivity index is 1.87. The van der Waals surface area contributed by atoms with E-state index >= 15 is 0 Å². The number of piperidine rings is 1. The van der Waals surface area contributed by atoms with Crippen LogP contribution in [0.3, 0.4) is 0 Å². The first-order valence-corrected chi connectivity index (χ1v) is 7.65. The molecule has 1 aromatic carbocycles. The van der Waals surface area contributed by atoms with Crippen LogP contribution in [0.5, 0.6) is 11.5 Å². The number of quaternary nitrogens is 1. The molecule has 0 unspecified atom stereocenters. The molecule has 0 bridgehead atoms. The average molecular weight is 288 g/mol. The van der Waals surface area contributed by atoms with Gasteiger partial charge in [-0.25, -0.2) is 0 Å². The second-order valence-electron chi connectivity index (χ2n) is 5.83. The van der Waals surface area contributed by atoms with Crippen molar-refractivity contribution in [3.05, 3.63) is 30.9 Å². The van der Waals surface area contributed by atoms with Gasteiger partial charge >= 0.3 is 0 Å². The van der Waals surface area contributed by atoms with Crippen molar-refractivity contribution in [2.45, 2.75) is 25.7 Å². The smallest absolute Gasteiger partial charge is 0.231 e. The quantitative estimate of drug-likeness (QED) is 0.617. The molecule has 1 aromatic rings.